The normalized spacial score (nSPS) is 43.0. The van der Waals surface area contributed by atoms with Gasteiger partial charge in [0.1, 0.15) is 6.10 Å². The molecule has 0 unspecified atom stereocenters. The maximum absolute atomic E-state index is 9.37. The van der Waals surface area contributed by atoms with Crippen molar-refractivity contribution in [2.24, 2.45) is 5.92 Å². The molecule has 12 heavy (non-hydrogen) atoms. The van der Waals surface area contributed by atoms with Gasteiger partial charge in [-0.15, -0.1) is 0 Å². The fraction of sp³-hybridized carbons (Fsp3) is 1.00. The van der Waals surface area contributed by atoms with E-state index < -0.39 is 24.4 Å². The number of methoxy groups -OCH3 is 1. The molecule has 0 saturated carbocycles. The van der Waals surface area contributed by atoms with E-state index >= 15 is 0 Å². The molecule has 1 aliphatic rings. The minimum atomic E-state index is -1.08. The van der Waals surface area contributed by atoms with Gasteiger partial charge in [0.05, 0.1) is 19.3 Å². The summed E-state index contributed by atoms with van der Waals surface area (Å²) in [5, 5.41) is 27.4. The van der Waals surface area contributed by atoms with E-state index in [1.165, 1.54) is 7.11 Å². The lowest BCUT2D eigenvalue weighted by Crippen LogP contribution is -2.51. The molecule has 0 aliphatic carbocycles. The molecule has 4 atom stereocenters. The van der Waals surface area contributed by atoms with Crippen LogP contribution in [0.25, 0.3) is 0 Å². The van der Waals surface area contributed by atoms with E-state index in [1.807, 2.05) is 0 Å². The van der Waals surface area contributed by atoms with Gasteiger partial charge >= 0.3 is 0 Å². The number of aliphatic hydroxyl groups is 3. The average molecular weight is 178 g/mol. The first-order valence-corrected chi connectivity index (χ1v) is 3.82. The van der Waals surface area contributed by atoms with E-state index in [1.54, 1.807) is 0 Å². The van der Waals surface area contributed by atoms with Crippen molar-refractivity contribution >= 4 is 0 Å². The zero-order valence-electron chi connectivity index (χ0n) is 6.88. The SMILES string of the molecule is CO[C@@H]1OC[C@H](CO)[C@@H](O)[C@H]1O. The van der Waals surface area contributed by atoms with Crippen LogP contribution >= 0.6 is 0 Å². The van der Waals surface area contributed by atoms with Crippen LogP contribution in [0, 0.1) is 5.92 Å². The van der Waals surface area contributed by atoms with E-state index in [2.05, 4.69) is 0 Å². The number of ether oxygens (including phenoxy) is 2. The Balaban J connectivity index is 2.52. The Kier molecular flexibility index (Phi) is 3.42. The van der Waals surface area contributed by atoms with Crippen molar-refractivity contribution in [2.45, 2.75) is 18.5 Å². The summed E-state index contributed by atoms with van der Waals surface area (Å²) in [6.45, 7) is 0.00188. The molecule has 0 aromatic carbocycles. The molecule has 72 valence electrons. The van der Waals surface area contributed by atoms with Gasteiger partial charge in [0.2, 0.25) is 0 Å². The molecule has 0 bridgehead atoms. The Morgan fingerprint density at radius 2 is 2.08 bits per heavy atom. The number of hydrogen-bond acceptors (Lipinski definition) is 5. The second-order valence-electron chi connectivity index (χ2n) is 2.86. The molecule has 5 heteroatoms. The van der Waals surface area contributed by atoms with Crippen LogP contribution in [0.1, 0.15) is 0 Å². The van der Waals surface area contributed by atoms with Crippen LogP contribution < -0.4 is 0 Å². The van der Waals surface area contributed by atoms with Crippen molar-refractivity contribution in [3.63, 3.8) is 0 Å². The van der Waals surface area contributed by atoms with Gasteiger partial charge in [0.15, 0.2) is 6.29 Å². The van der Waals surface area contributed by atoms with Crippen molar-refractivity contribution in [2.75, 3.05) is 20.3 Å². The summed E-state index contributed by atoms with van der Waals surface area (Å²) in [7, 11) is 1.39. The lowest BCUT2D eigenvalue weighted by Gasteiger charge is -2.35. The first kappa shape index (κ1) is 9.88. The summed E-state index contributed by atoms with van der Waals surface area (Å²) >= 11 is 0. The quantitative estimate of drug-likeness (QED) is 0.470. The van der Waals surface area contributed by atoms with E-state index in [0.717, 1.165) is 0 Å². The van der Waals surface area contributed by atoms with Gasteiger partial charge in [-0.25, -0.2) is 0 Å². The minimum absolute atomic E-state index is 0.200. The average Bonchev–Trinajstić information content (AvgIpc) is 2.10. The largest absolute Gasteiger partial charge is 0.396 e. The standard InChI is InChI=1S/C7H14O5/c1-11-7-6(10)5(9)4(2-8)3-12-7/h4-10H,2-3H2,1H3/t4-,5+,6+,7+/m0/s1. The number of hydrogen-bond donors (Lipinski definition) is 3. The zero-order chi connectivity index (χ0) is 9.14. The van der Waals surface area contributed by atoms with Gasteiger partial charge < -0.3 is 24.8 Å². The summed E-state index contributed by atoms with van der Waals surface area (Å²) in [5.41, 5.74) is 0. The number of rotatable bonds is 2. The highest BCUT2D eigenvalue weighted by molar-refractivity contribution is 4.82. The van der Waals surface area contributed by atoms with Crippen LogP contribution in [0.4, 0.5) is 0 Å². The molecular weight excluding hydrogens is 164 g/mol. The summed E-state index contributed by atoms with van der Waals surface area (Å²) in [6, 6.07) is 0. The highest BCUT2D eigenvalue weighted by Gasteiger charge is 2.37. The molecule has 0 aromatic heterocycles. The molecule has 5 nitrogen and oxygen atoms in total. The van der Waals surface area contributed by atoms with Crippen LogP contribution in [0.3, 0.4) is 0 Å². The van der Waals surface area contributed by atoms with E-state index in [0.29, 0.717) is 0 Å². The van der Waals surface area contributed by atoms with E-state index in [-0.39, 0.29) is 13.2 Å². The van der Waals surface area contributed by atoms with E-state index in [9.17, 15) is 10.2 Å². The molecule has 3 N–H and O–H groups in total. The second-order valence-corrected chi connectivity index (χ2v) is 2.86. The second kappa shape index (κ2) is 4.15. The third-order valence-corrected chi connectivity index (χ3v) is 2.05. The smallest absolute Gasteiger partial charge is 0.185 e. The third kappa shape index (κ3) is 1.75. The third-order valence-electron chi connectivity index (χ3n) is 2.05. The topological polar surface area (TPSA) is 79.2 Å². The molecule has 0 amide bonds. The van der Waals surface area contributed by atoms with Crippen molar-refractivity contribution in [1.29, 1.82) is 0 Å². The van der Waals surface area contributed by atoms with Gasteiger partial charge in [-0.05, 0) is 0 Å². The van der Waals surface area contributed by atoms with Crippen LogP contribution in [0.2, 0.25) is 0 Å². The minimum Gasteiger partial charge on any atom is -0.396 e. The highest BCUT2D eigenvalue weighted by Crippen LogP contribution is 2.20. The molecule has 1 aliphatic heterocycles. The maximum atomic E-state index is 9.37. The van der Waals surface area contributed by atoms with Crippen molar-refractivity contribution in [3.8, 4) is 0 Å². The number of aliphatic hydroxyl groups excluding tert-OH is 3. The van der Waals surface area contributed by atoms with Crippen molar-refractivity contribution in [1.82, 2.24) is 0 Å². The maximum Gasteiger partial charge on any atom is 0.185 e. The zero-order valence-corrected chi connectivity index (χ0v) is 6.88. The summed E-state index contributed by atoms with van der Waals surface area (Å²) in [5.74, 6) is -0.425. The first-order valence-electron chi connectivity index (χ1n) is 3.82. The van der Waals surface area contributed by atoms with E-state index in [4.69, 9.17) is 14.6 Å². The van der Waals surface area contributed by atoms with Gasteiger partial charge in [0.25, 0.3) is 0 Å². The Bertz CT molecular complexity index is 124. The fourth-order valence-electron chi connectivity index (χ4n) is 1.22. The molecule has 0 spiro atoms. The summed E-state index contributed by atoms with van der Waals surface area (Å²) in [6.07, 6.45) is -2.85. The van der Waals surface area contributed by atoms with Gasteiger partial charge in [-0.2, -0.15) is 0 Å². The lowest BCUT2D eigenvalue weighted by atomic mass is 9.96. The van der Waals surface area contributed by atoms with Gasteiger partial charge in [-0.1, -0.05) is 0 Å². The van der Waals surface area contributed by atoms with Crippen LogP contribution in [0.15, 0.2) is 0 Å². The summed E-state index contributed by atoms with van der Waals surface area (Å²) < 4.78 is 9.77. The first-order chi connectivity index (χ1) is 5.70. The van der Waals surface area contributed by atoms with Crippen LogP contribution in [-0.4, -0.2) is 54.1 Å². The van der Waals surface area contributed by atoms with Crippen LogP contribution in [-0.2, 0) is 9.47 Å². The Hall–Kier alpha value is -0.200. The summed E-state index contributed by atoms with van der Waals surface area (Å²) in [4.78, 5) is 0. The van der Waals surface area contributed by atoms with Crippen molar-refractivity contribution in [3.05, 3.63) is 0 Å². The molecule has 1 heterocycles. The molecular formula is C7H14O5. The molecule has 0 aromatic rings. The Labute approximate surface area is 70.5 Å². The Morgan fingerprint density at radius 1 is 1.42 bits per heavy atom. The predicted molar refractivity (Wildman–Crippen MR) is 39.3 cm³/mol. The van der Waals surface area contributed by atoms with Gasteiger partial charge in [0, 0.05) is 13.0 Å². The van der Waals surface area contributed by atoms with Crippen molar-refractivity contribution < 1.29 is 24.8 Å². The lowest BCUT2D eigenvalue weighted by molar-refractivity contribution is -0.253. The fourth-order valence-corrected chi connectivity index (χ4v) is 1.22. The molecule has 1 saturated heterocycles. The highest BCUT2D eigenvalue weighted by atomic mass is 16.7. The molecule has 1 rings (SSSR count). The molecule has 1 fully saturated rings. The monoisotopic (exact) mass is 178 g/mol. The Morgan fingerprint density at radius 3 is 2.58 bits per heavy atom. The van der Waals surface area contributed by atoms with Gasteiger partial charge in [-0.3, -0.25) is 0 Å². The predicted octanol–water partition coefficient (Wildman–Crippen LogP) is -1.68. The molecule has 0 radical (unpaired) electrons. The van der Waals surface area contributed by atoms with Crippen LogP contribution in [0.5, 0.6) is 0 Å².